The lowest BCUT2D eigenvalue weighted by Gasteiger charge is -2.14. The van der Waals surface area contributed by atoms with Crippen LogP contribution in [0, 0.1) is 5.66 Å². The van der Waals surface area contributed by atoms with Crippen LogP contribution in [-0.4, -0.2) is 13.6 Å². The van der Waals surface area contributed by atoms with Crippen LogP contribution < -0.4 is 5.32 Å². The summed E-state index contributed by atoms with van der Waals surface area (Å²) in [6.45, 7) is 3.08. The van der Waals surface area contributed by atoms with Gasteiger partial charge in [-0.15, -0.1) is 6.54 Å². The Bertz CT molecular complexity index is 28.7. The standard InChI is InChI=1S/C4H11NP/c1-4(6)3-5-2/h5H,3,6H2,1-2H3/q-1. The fraction of sp³-hybridized carbons (Fsp3) is 0.750. The molecule has 1 unspecified atom stereocenters. The molecule has 0 heterocycles. The van der Waals surface area contributed by atoms with E-state index in [2.05, 4.69) is 21.5 Å². The quantitative estimate of drug-likeness (QED) is 0.400. The predicted molar refractivity (Wildman–Crippen MR) is 32.6 cm³/mol. The fourth-order valence-electron chi connectivity index (χ4n) is 0.279. The molecule has 0 aromatic heterocycles. The van der Waals surface area contributed by atoms with Gasteiger partial charge >= 0.3 is 0 Å². The molecular weight excluding hydrogens is 93.0 g/mol. The van der Waals surface area contributed by atoms with Crippen molar-refractivity contribution in [3.05, 3.63) is 5.66 Å². The number of rotatable bonds is 2. The van der Waals surface area contributed by atoms with Crippen molar-refractivity contribution in [3.63, 3.8) is 0 Å². The third-order valence-electron chi connectivity index (χ3n) is 0.456. The summed E-state index contributed by atoms with van der Waals surface area (Å²) in [5, 5.41) is 3.01. The lowest BCUT2D eigenvalue weighted by Crippen LogP contribution is -2.09. The average molecular weight is 104 g/mol. The summed E-state index contributed by atoms with van der Waals surface area (Å²) >= 11 is 0. The number of hydrogen-bond acceptors (Lipinski definition) is 1. The first-order valence-electron chi connectivity index (χ1n) is 2.00. The molecule has 0 aliphatic heterocycles. The third-order valence-corrected chi connectivity index (χ3v) is 0.660. The van der Waals surface area contributed by atoms with Gasteiger partial charge in [-0.2, -0.15) is 6.92 Å². The van der Waals surface area contributed by atoms with E-state index in [1.165, 1.54) is 5.66 Å². The minimum Gasteiger partial charge on any atom is -0.349 e. The third kappa shape index (κ3) is 4.39. The van der Waals surface area contributed by atoms with Crippen molar-refractivity contribution >= 4 is 9.24 Å². The molecule has 0 aliphatic rings. The van der Waals surface area contributed by atoms with Crippen LogP contribution in [0.2, 0.25) is 0 Å². The molecule has 0 aromatic carbocycles. The van der Waals surface area contributed by atoms with Crippen molar-refractivity contribution in [2.75, 3.05) is 13.6 Å². The Hall–Kier alpha value is 0.390. The molecule has 0 saturated heterocycles. The van der Waals surface area contributed by atoms with Crippen molar-refractivity contribution in [2.45, 2.75) is 6.92 Å². The van der Waals surface area contributed by atoms with E-state index >= 15 is 0 Å². The van der Waals surface area contributed by atoms with Crippen molar-refractivity contribution in [1.29, 1.82) is 0 Å². The summed E-state index contributed by atoms with van der Waals surface area (Å²) in [6, 6.07) is 0. The topological polar surface area (TPSA) is 12.0 Å². The first-order valence-corrected chi connectivity index (χ1v) is 2.57. The minimum absolute atomic E-state index is 1.00. The Morgan fingerprint density at radius 2 is 2.33 bits per heavy atom. The summed E-state index contributed by atoms with van der Waals surface area (Å²) in [4.78, 5) is 0. The van der Waals surface area contributed by atoms with E-state index in [4.69, 9.17) is 0 Å². The minimum atomic E-state index is 1.00. The van der Waals surface area contributed by atoms with Crippen molar-refractivity contribution in [2.24, 2.45) is 0 Å². The van der Waals surface area contributed by atoms with Gasteiger partial charge in [0.1, 0.15) is 0 Å². The Morgan fingerprint density at radius 1 is 1.83 bits per heavy atom. The first-order chi connectivity index (χ1) is 2.77. The highest BCUT2D eigenvalue weighted by atomic mass is 31.0. The highest BCUT2D eigenvalue weighted by Gasteiger charge is 1.68. The van der Waals surface area contributed by atoms with E-state index in [0.717, 1.165) is 6.54 Å². The summed E-state index contributed by atoms with van der Waals surface area (Å²) in [5.41, 5.74) is 1.34. The van der Waals surface area contributed by atoms with Crippen LogP contribution in [-0.2, 0) is 0 Å². The first kappa shape index (κ1) is 6.39. The van der Waals surface area contributed by atoms with Crippen molar-refractivity contribution < 1.29 is 0 Å². The maximum absolute atomic E-state index is 3.01. The van der Waals surface area contributed by atoms with Crippen molar-refractivity contribution in [3.8, 4) is 0 Å². The van der Waals surface area contributed by atoms with Gasteiger partial charge in [0, 0.05) is 0 Å². The lowest BCUT2D eigenvalue weighted by molar-refractivity contribution is 0.860. The Kier molecular flexibility index (Phi) is 3.81. The molecule has 0 radical (unpaired) electrons. The molecule has 0 rings (SSSR count). The van der Waals surface area contributed by atoms with Crippen molar-refractivity contribution in [1.82, 2.24) is 5.32 Å². The van der Waals surface area contributed by atoms with Crippen LogP contribution in [0.25, 0.3) is 0 Å². The molecule has 0 saturated carbocycles. The van der Waals surface area contributed by atoms with Gasteiger partial charge in [0.15, 0.2) is 0 Å². The molecule has 38 valence electrons. The Labute approximate surface area is 41.7 Å². The smallest absolute Gasteiger partial charge is 0.0193 e. The number of hydrogen-bond donors (Lipinski definition) is 1. The zero-order valence-corrected chi connectivity index (χ0v) is 5.44. The van der Waals surface area contributed by atoms with E-state index in [-0.39, 0.29) is 0 Å². The maximum atomic E-state index is 3.01. The molecule has 1 N–H and O–H groups in total. The summed E-state index contributed by atoms with van der Waals surface area (Å²) in [5.74, 6) is 0. The zero-order valence-electron chi connectivity index (χ0n) is 4.28. The molecule has 2 heteroatoms. The van der Waals surface area contributed by atoms with Gasteiger partial charge in [0.25, 0.3) is 0 Å². The van der Waals surface area contributed by atoms with Gasteiger partial charge in [-0.25, -0.2) is 0 Å². The second-order valence-corrected chi connectivity index (χ2v) is 2.36. The van der Waals surface area contributed by atoms with Gasteiger partial charge in [-0.05, 0) is 7.05 Å². The zero-order chi connectivity index (χ0) is 4.99. The van der Waals surface area contributed by atoms with Crippen LogP contribution in [0.3, 0.4) is 0 Å². The second kappa shape index (κ2) is 3.58. The summed E-state index contributed by atoms with van der Waals surface area (Å²) in [7, 11) is 4.57. The maximum Gasteiger partial charge on any atom is -0.0193 e. The molecule has 0 aromatic rings. The summed E-state index contributed by atoms with van der Waals surface area (Å²) < 4.78 is 0. The van der Waals surface area contributed by atoms with Crippen LogP contribution in [0.1, 0.15) is 6.92 Å². The predicted octanol–water partition coefficient (Wildman–Crippen LogP) is 0.633. The fourth-order valence-corrected chi connectivity index (χ4v) is 0.483. The van der Waals surface area contributed by atoms with E-state index < -0.39 is 0 Å². The van der Waals surface area contributed by atoms with E-state index in [0.29, 0.717) is 0 Å². The highest BCUT2D eigenvalue weighted by Crippen LogP contribution is 2.03. The van der Waals surface area contributed by atoms with Gasteiger partial charge in [0.05, 0.1) is 0 Å². The van der Waals surface area contributed by atoms with Gasteiger partial charge in [-0.3, -0.25) is 14.9 Å². The monoisotopic (exact) mass is 104 g/mol. The van der Waals surface area contributed by atoms with Crippen LogP contribution in [0.4, 0.5) is 0 Å². The van der Waals surface area contributed by atoms with E-state index in [1.54, 1.807) is 0 Å². The molecular formula is C4H11NP-. The number of nitrogens with one attached hydrogen (secondary N) is 1. The Morgan fingerprint density at radius 3 is 2.33 bits per heavy atom. The van der Waals surface area contributed by atoms with Gasteiger partial charge in [-0.1, -0.05) is 0 Å². The molecule has 0 bridgehead atoms. The Balaban J connectivity index is 2.63. The summed E-state index contributed by atoms with van der Waals surface area (Å²) in [6.07, 6.45) is 0. The van der Waals surface area contributed by atoms with E-state index in [1.807, 2.05) is 7.05 Å². The average Bonchev–Trinajstić information content (AvgIpc) is 1.35. The molecule has 0 amide bonds. The van der Waals surface area contributed by atoms with Crippen LogP contribution in [0.15, 0.2) is 0 Å². The van der Waals surface area contributed by atoms with Gasteiger partial charge < -0.3 is 5.32 Å². The SMILES string of the molecule is CNC[C-](C)P. The van der Waals surface area contributed by atoms with Gasteiger partial charge in [0.2, 0.25) is 0 Å². The molecule has 0 fully saturated rings. The van der Waals surface area contributed by atoms with E-state index in [9.17, 15) is 0 Å². The largest absolute Gasteiger partial charge is 0.349 e. The molecule has 0 spiro atoms. The normalized spacial score (nSPS) is 10.0. The van der Waals surface area contributed by atoms with Crippen LogP contribution >= 0.6 is 9.24 Å². The van der Waals surface area contributed by atoms with Crippen LogP contribution in [0.5, 0.6) is 0 Å². The molecule has 1 atom stereocenters. The highest BCUT2D eigenvalue weighted by molar-refractivity contribution is 7.20. The molecule has 0 aliphatic carbocycles. The molecule has 6 heavy (non-hydrogen) atoms. The molecule has 1 nitrogen and oxygen atoms in total. The lowest BCUT2D eigenvalue weighted by atomic mass is 10.5. The second-order valence-electron chi connectivity index (χ2n) is 1.38.